The van der Waals surface area contributed by atoms with Crippen molar-refractivity contribution in [2.24, 2.45) is 11.8 Å². The Hall–Kier alpha value is -0.340. The average Bonchev–Trinajstić information content (AvgIpc) is 2.87. The molecule has 2 heteroatoms. The topological polar surface area (TPSA) is 12.0 Å². The average molecular weight is 324 g/mol. The van der Waals surface area contributed by atoms with Gasteiger partial charge in [0.2, 0.25) is 0 Å². The lowest BCUT2D eigenvalue weighted by atomic mass is 9.91. The van der Waals surface area contributed by atoms with Gasteiger partial charge in [-0.2, -0.15) is 0 Å². The fourth-order valence-corrected chi connectivity index (χ4v) is 3.88. The van der Waals surface area contributed by atoms with E-state index in [9.17, 15) is 0 Å². The molecule has 1 saturated carbocycles. The number of hydrogen-bond donors (Lipinski definition) is 1. The van der Waals surface area contributed by atoms with Crippen LogP contribution >= 0.6 is 15.9 Å². The summed E-state index contributed by atoms with van der Waals surface area (Å²) in [5.74, 6) is 1.83. The van der Waals surface area contributed by atoms with Crippen molar-refractivity contribution in [3.05, 3.63) is 34.3 Å². The van der Waals surface area contributed by atoms with Crippen molar-refractivity contribution in [3.8, 4) is 0 Å². The van der Waals surface area contributed by atoms with Crippen molar-refractivity contribution in [3.63, 3.8) is 0 Å². The number of benzene rings is 1. The first-order chi connectivity index (χ1) is 9.22. The fraction of sp³-hybridized carbons (Fsp3) is 0.647. The molecule has 3 atom stereocenters. The third-order valence-electron chi connectivity index (χ3n) is 4.54. The van der Waals surface area contributed by atoms with E-state index < -0.39 is 0 Å². The molecule has 106 valence electrons. The summed E-state index contributed by atoms with van der Waals surface area (Å²) in [6, 6.07) is 9.41. The summed E-state index contributed by atoms with van der Waals surface area (Å²) in [6.07, 6.45) is 6.77. The molecule has 0 amide bonds. The smallest absolute Gasteiger partial charge is 0.0178 e. The molecule has 0 heterocycles. The molecule has 1 N–H and O–H groups in total. The van der Waals surface area contributed by atoms with Crippen LogP contribution < -0.4 is 5.32 Å². The Kier molecular flexibility index (Phi) is 5.90. The summed E-state index contributed by atoms with van der Waals surface area (Å²) in [4.78, 5) is 0. The van der Waals surface area contributed by atoms with Crippen molar-refractivity contribution >= 4 is 15.9 Å². The van der Waals surface area contributed by atoms with Gasteiger partial charge in [0.15, 0.2) is 0 Å². The minimum atomic E-state index is 0.649. The first-order valence-corrected chi connectivity index (χ1v) is 8.50. The molecule has 0 radical (unpaired) electrons. The molecule has 1 aromatic carbocycles. The van der Waals surface area contributed by atoms with E-state index in [1.165, 1.54) is 35.7 Å². The molecule has 3 unspecified atom stereocenters. The molecular weight excluding hydrogens is 298 g/mol. The Bertz CT molecular complexity index is 391. The summed E-state index contributed by atoms with van der Waals surface area (Å²) < 4.78 is 1.19. The third kappa shape index (κ3) is 4.32. The number of hydrogen-bond acceptors (Lipinski definition) is 1. The molecule has 2 rings (SSSR count). The maximum atomic E-state index is 3.72. The van der Waals surface area contributed by atoms with Crippen LogP contribution in [0.2, 0.25) is 0 Å². The second-order valence-electron chi connectivity index (χ2n) is 5.85. The fourth-order valence-electron chi connectivity index (χ4n) is 3.44. The highest BCUT2D eigenvalue weighted by atomic mass is 79.9. The van der Waals surface area contributed by atoms with E-state index in [1.807, 2.05) is 0 Å². The van der Waals surface area contributed by atoms with Crippen molar-refractivity contribution in [1.82, 2.24) is 5.32 Å². The minimum absolute atomic E-state index is 0.649. The quantitative estimate of drug-likeness (QED) is 0.793. The summed E-state index contributed by atoms with van der Waals surface area (Å²) in [7, 11) is 0. The molecule has 0 bridgehead atoms. The lowest BCUT2D eigenvalue weighted by Gasteiger charge is -2.25. The Morgan fingerprint density at radius 1 is 1.32 bits per heavy atom. The summed E-state index contributed by atoms with van der Waals surface area (Å²) in [5, 5.41) is 3.72. The maximum Gasteiger partial charge on any atom is 0.0178 e. The first-order valence-electron chi connectivity index (χ1n) is 7.70. The van der Waals surface area contributed by atoms with Gasteiger partial charge in [-0.1, -0.05) is 54.8 Å². The van der Waals surface area contributed by atoms with E-state index in [1.54, 1.807) is 0 Å². The highest BCUT2D eigenvalue weighted by Crippen LogP contribution is 2.35. The van der Waals surface area contributed by atoms with E-state index >= 15 is 0 Å². The molecule has 19 heavy (non-hydrogen) atoms. The monoisotopic (exact) mass is 323 g/mol. The zero-order valence-electron chi connectivity index (χ0n) is 12.2. The van der Waals surface area contributed by atoms with Gasteiger partial charge in [-0.05, 0) is 55.3 Å². The van der Waals surface area contributed by atoms with Crippen LogP contribution in [0.1, 0.15) is 45.1 Å². The second kappa shape index (κ2) is 7.44. The van der Waals surface area contributed by atoms with E-state index in [0.717, 1.165) is 24.8 Å². The van der Waals surface area contributed by atoms with Crippen LogP contribution in [0.25, 0.3) is 0 Å². The summed E-state index contributed by atoms with van der Waals surface area (Å²) >= 11 is 3.57. The van der Waals surface area contributed by atoms with Gasteiger partial charge in [0.05, 0.1) is 0 Å². The molecule has 0 aromatic heterocycles. The van der Waals surface area contributed by atoms with Gasteiger partial charge in [0.1, 0.15) is 0 Å². The first kappa shape index (κ1) is 15.1. The lowest BCUT2D eigenvalue weighted by Crippen LogP contribution is -2.37. The van der Waals surface area contributed by atoms with Crippen LogP contribution in [0, 0.1) is 11.8 Å². The number of likely N-dealkylation sites (N-methyl/N-ethyl adjacent to an activating group) is 1. The predicted molar refractivity (Wildman–Crippen MR) is 86.4 cm³/mol. The molecule has 0 aliphatic heterocycles. The predicted octanol–water partition coefficient (Wildman–Crippen LogP) is 4.80. The Morgan fingerprint density at radius 2 is 2.16 bits per heavy atom. The number of halogens is 1. The number of rotatable bonds is 6. The van der Waals surface area contributed by atoms with Gasteiger partial charge in [0, 0.05) is 10.5 Å². The Morgan fingerprint density at radius 3 is 2.79 bits per heavy atom. The van der Waals surface area contributed by atoms with Gasteiger partial charge in [-0.15, -0.1) is 0 Å². The third-order valence-corrected chi connectivity index (χ3v) is 5.03. The number of nitrogens with one attached hydrogen (secondary N) is 1. The van der Waals surface area contributed by atoms with E-state index in [0.29, 0.717) is 6.04 Å². The van der Waals surface area contributed by atoms with E-state index in [2.05, 4.69) is 59.4 Å². The van der Waals surface area contributed by atoms with Gasteiger partial charge in [-0.25, -0.2) is 0 Å². The van der Waals surface area contributed by atoms with Crippen LogP contribution in [0.15, 0.2) is 28.7 Å². The molecule has 0 spiro atoms. The standard InChI is InChI=1S/C17H26BrN/c1-3-13-8-9-15(10-13)17(19-4-2)12-14-6-5-7-16(18)11-14/h5-7,11,13,15,17,19H,3-4,8-10,12H2,1-2H3. The van der Waals surface area contributed by atoms with Crippen molar-refractivity contribution in [2.45, 2.75) is 52.0 Å². The van der Waals surface area contributed by atoms with Crippen molar-refractivity contribution < 1.29 is 0 Å². The van der Waals surface area contributed by atoms with E-state index in [-0.39, 0.29) is 0 Å². The summed E-state index contributed by atoms with van der Waals surface area (Å²) in [5.41, 5.74) is 1.44. The molecule has 1 aromatic rings. The van der Waals surface area contributed by atoms with Gasteiger partial charge in [-0.3, -0.25) is 0 Å². The van der Waals surface area contributed by atoms with Crippen LogP contribution in [0.5, 0.6) is 0 Å². The lowest BCUT2D eigenvalue weighted by molar-refractivity contribution is 0.349. The van der Waals surface area contributed by atoms with Gasteiger partial charge < -0.3 is 5.32 Å². The largest absolute Gasteiger partial charge is 0.314 e. The normalized spacial score (nSPS) is 24.6. The summed E-state index contributed by atoms with van der Waals surface area (Å²) in [6.45, 7) is 5.63. The highest BCUT2D eigenvalue weighted by molar-refractivity contribution is 9.10. The second-order valence-corrected chi connectivity index (χ2v) is 6.76. The molecule has 0 saturated heterocycles. The maximum absolute atomic E-state index is 3.72. The highest BCUT2D eigenvalue weighted by Gasteiger charge is 2.29. The molecule has 1 fully saturated rings. The minimum Gasteiger partial charge on any atom is -0.314 e. The van der Waals surface area contributed by atoms with Crippen molar-refractivity contribution in [2.75, 3.05) is 6.54 Å². The molecule has 1 aliphatic rings. The zero-order chi connectivity index (χ0) is 13.7. The zero-order valence-corrected chi connectivity index (χ0v) is 13.7. The van der Waals surface area contributed by atoms with Crippen LogP contribution in [0.3, 0.4) is 0 Å². The Balaban J connectivity index is 2.00. The van der Waals surface area contributed by atoms with Gasteiger partial charge >= 0.3 is 0 Å². The SMILES string of the molecule is CCNC(Cc1cccc(Br)c1)C1CCC(CC)C1. The molecular formula is C17H26BrN. The molecule has 1 nitrogen and oxygen atoms in total. The molecule has 1 aliphatic carbocycles. The van der Waals surface area contributed by atoms with Crippen LogP contribution in [-0.2, 0) is 6.42 Å². The van der Waals surface area contributed by atoms with E-state index in [4.69, 9.17) is 0 Å². The van der Waals surface area contributed by atoms with Gasteiger partial charge in [0.25, 0.3) is 0 Å². The van der Waals surface area contributed by atoms with Crippen molar-refractivity contribution in [1.29, 1.82) is 0 Å². The Labute approximate surface area is 126 Å². The van der Waals surface area contributed by atoms with Crippen LogP contribution in [0.4, 0.5) is 0 Å². The van der Waals surface area contributed by atoms with Crippen LogP contribution in [-0.4, -0.2) is 12.6 Å².